The quantitative estimate of drug-likeness (QED) is 0.820. The van der Waals surface area contributed by atoms with Crippen molar-refractivity contribution in [1.29, 1.82) is 0 Å². The average Bonchev–Trinajstić information content (AvgIpc) is 2.64. The van der Waals surface area contributed by atoms with E-state index in [2.05, 4.69) is 17.6 Å². The van der Waals surface area contributed by atoms with Gasteiger partial charge in [0.2, 0.25) is 0 Å². The molecule has 24 heavy (non-hydrogen) atoms. The zero-order chi connectivity index (χ0) is 17.4. The molecule has 0 aliphatic heterocycles. The number of carbonyl (C=O) groups is 2. The van der Waals surface area contributed by atoms with Gasteiger partial charge < -0.3 is 15.4 Å². The zero-order valence-corrected chi connectivity index (χ0v) is 14.0. The number of benzene rings is 2. The van der Waals surface area contributed by atoms with Gasteiger partial charge >= 0.3 is 0 Å². The minimum absolute atomic E-state index is 0.0394. The Morgan fingerprint density at radius 1 is 1.04 bits per heavy atom. The molecule has 0 saturated heterocycles. The number of nitrogens with one attached hydrogen (secondary N) is 2. The summed E-state index contributed by atoms with van der Waals surface area (Å²) in [6, 6.07) is 14.8. The molecular formula is C19H22N2O3. The second-order valence-corrected chi connectivity index (χ2v) is 5.35. The first kappa shape index (κ1) is 17.5. The van der Waals surface area contributed by atoms with E-state index in [1.807, 2.05) is 30.3 Å². The van der Waals surface area contributed by atoms with E-state index in [-0.39, 0.29) is 18.4 Å². The molecule has 0 unspecified atom stereocenters. The Morgan fingerprint density at radius 3 is 2.54 bits per heavy atom. The number of carbonyl (C=O) groups excluding carboxylic acids is 2. The third kappa shape index (κ3) is 5.12. The van der Waals surface area contributed by atoms with Crippen LogP contribution in [0.3, 0.4) is 0 Å². The standard InChI is InChI=1S/C19H22N2O3/c1-3-14-6-5-9-17(11-14)24-13-18(22)21-12-15-7-4-8-16(10-15)19(23)20-2/h4-11H,3,12-13H2,1-2H3,(H,20,23)(H,21,22). The molecule has 126 valence electrons. The summed E-state index contributed by atoms with van der Waals surface area (Å²) in [5.41, 5.74) is 2.59. The molecule has 0 heterocycles. The third-order valence-electron chi connectivity index (χ3n) is 3.58. The van der Waals surface area contributed by atoms with Gasteiger partial charge in [-0.2, -0.15) is 0 Å². The van der Waals surface area contributed by atoms with Gasteiger partial charge in [0.15, 0.2) is 6.61 Å². The average molecular weight is 326 g/mol. The number of hydrogen-bond acceptors (Lipinski definition) is 3. The highest BCUT2D eigenvalue weighted by Gasteiger charge is 2.06. The van der Waals surface area contributed by atoms with Crippen molar-refractivity contribution in [3.05, 3.63) is 65.2 Å². The Morgan fingerprint density at radius 2 is 1.79 bits per heavy atom. The Hall–Kier alpha value is -2.82. The predicted octanol–water partition coefficient (Wildman–Crippen LogP) is 2.30. The molecule has 0 aromatic heterocycles. The Balaban J connectivity index is 1.83. The molecule has 2 amide bonds. The maximum Gasteiger partial charge on any atom is 0.258 e. The van der Waals surface area contributed by atoms with Crippen LogP contribution in [0.15, 0.2) is 48.5 Å². The van der Waals surface area contributed by atoms with Gasteiger partial charge in [-0.3, -0.25) is 9.59 Å². The van der Waals surface area contributed by atoms with Gasteiger partial charge in [0.25, 0.3) is 11.8 Å². The number of ether oxygens (including phenoxy) is 1. The molecule has 0 saturated carbocycles. The van der Waals surface area contributed by atoms with Crippen LogP contribution < -0.4 is 15.4 Å². The smallest absolute Gasteiger partial charge is 0.258 e. The van der Waals surface area contributed by atoms with Crippen molar-refractivity contribution in [2.24, 2.45) is 0 Å². The molecule has 0 aliphatic carbocycles. The first-order chi connectivity index (χ1) is 11.6. The molecule has 0 bridgehead atoms. The van der Waals surface area contributed by atoms with Gasteiger partial charge in [0, 0.05) is 19.2 Å². The summed E-state index contributed by atoms with van der Waals surface area (Å²) >= 11 is 0. The van der Waals surface area contributed by atoms with E-state index in [0.717, 1.165) is 12.0 Å². The first-order valence-electron chi connectivity index (χ1n) is 7.92. The number of aryl methyl sites for hydroxylation is 1. The van der Waals surface area contributed by atoms with Gasteiger partial charge in [0.05, 0.1) is 0 Å². The molecule has 0 radical (unpaired) electrons. The molecule has 2 aromatic carbocycles. The van der Waals surface area contributed by atoms with Crippen LogP contribution in [0.5, 0.6) is 5.75 Å². The summed E-state index contributed by atoms with van der Waals surface area (Å²) < 4.78 is 5.50. The maximum absolute atomic E-state index is 11.9. The SMILES string of the molecule is CCc1cccc(OCC(=O)NCc2cccc(C(=O)NC)c2)c1. The largest absolute Gasteiger partial charge is 0.484 e. The van der Waals surface area contributed by atoms with E-state index >= 15 is 0 Å². The third-order valence-corrected chi connectivity index (χ3v) is 3.58. The molecule has 2 N–H and O–H groups in total. The topological polar surface area (TPSA) is 67.4 Å². The normalized spacial score (nSPS) is 10.1. The monoisotopic (exact) mass is 326 g/mol. The lowest BCUT2D eigenvalue weighted by Gasteiger charge is -2.09. The van der Waals surface area contributed by atoms with Crippen LogP contribution in [0.1, 0.15) is 28.4 Å². The molecule has 0 atom stereocenters. The van der Waals surface area contributed by atoms with E-state index in [1.54, 1.807) is 25.2 Å². The minimum atomic E-state index is -0.206. The first-order valence-corrected chi connectivity index (χ1v) is 7.92. The summed E-state index contributed by atoms with van der Waals surface area (Å²) in [5, 5.41) is 5.36. The van der Waals surface area contributed by atoms with Crippen LogP contribution in [0.2, 0.25) is 0 Å². The van der Waals surface area contributed by atoms with E-state index in [9.17, 15) is 9.59 Å². The highest BCUT2D eigenvalue weighted by atomic mass is 16.5. The Bertz CT molecular complexity index is 713. The molecule has 0 fully saturated rings. The highest BCUT2D eigenvalue weighted by Crippen LogP contribution is 2.13. The summed E-state index contributed by atoms with van der Waals surface area (Å²) in [6.07, 6.45) is 0.922. The summed E-state index contributed by atoms with van der Waals surface area (Å²) in [4.78, 5) is 23.5. The predicted molar refractivity (Wildman–Crippen MR) is 93.0 cm³/mol. The van der Waals surface area contributed by atoms with E-state index in [1.165, 1.54) is 5.56 Å². The van der Waals surface area contributed by atoms with E-state index < -0.39 is 0 Å². The van der Waals surface area contributed by atoms with Gasteiger partial charge in [0.1, 0.15) is 5.75 Å². The van der Waals surface area contributed by atoms with Crippen LogP contribution in [0, 0.1) is 0 Å². The van der Waals surface area contributed by atoms with Gasteiger partial charge in [-0.15, -0.1) is 0 Å². The molecular weight excluding hydrogens is 304 g/mol. The van der Waals surface area contributed by atoms with Crippen molar-refractivity contribution >= 4 is 11.8 Å². The molecule has 2 rings (SSSR count). The van der Waals surface area contributed by atoms with Crippen molar-refractivity contribution < 1.29 is 14.3 Å². The van der Waals surface area contributed by atoms with Gasteiger partial charge in [-0.1, -0.05) is 31.2 Å². The highest BCUT2D eigenvalue weighted by molar-refractivity contribution is 5.94. The van der Waals surface area contributed by atoms with Crippen LogP contribution >= 0.6 is 0 Å². The number of rotatable bonds is 7. The van der Waals surface area contributed by atoms with Crippen molar-refractivity contribution in [3.63, 3.8) is 0 Å². The van der Waals surface area contributed by atoms with Crippen molar-refractivity contribution in [2.75, 3.05) is 13.7 Å². The van der Waals surface area contributed by atoms with Crippen LogP contribution in [-0.4, -0.2) is 25.5 Å². The fraction of sp³-hybridized carbons (Fsp3) is 0.263. The summed E-state index contributed by atoms with van der Waals surface area (Å²) in [7, 11) is 1.58. The van der Waals surface area contributed by atoms with E-state index in [0.29, 0.717) is 17.9 Å². The molecule has 2 aromatic rings. The Labute approximate surface area is 142 Å². The molecule has 0 spiro atoms. The zero-order valence-electron chi connectivity index (χ0n) is 14.0. The van der Waals surface area contributed by atoms with Gasteiger partial charge in [-0.25, -0.2) is 0 Å². The molecule has 0 aliphatic rings. The lowest BCUT2D eigenvalue weighted by molar-refractivity contribution is -0.123. The van der Waals surface area contributed by atoms with Crippen LogP contribution in [0.25, 0.3) is 0 Å². The lowest BCUT2D eigenvalue weighted by Crippen LogP contribution is -2.28. The van der Waals surface area contributed by atoms with Crippen molar-refractivity contribution in [3.8, 4) is 5.75 Å². The van der Waals surface area contributed by atoms with Crippen molar-refractivity contribution in [2.45, 2.75) is 19.9 Å². The Kier molecular flexibility index (Phi) is 6.37. The number of hydrogen-bond donors (Lipinski definition) is 2. The second kappa shape index (κ2) is 8.72. The fourth-order valence-electron chi connectivity index (χ4n) is 2.22. The number of amides is 2. The van der Waals surface area contributed by atoms with Crippen LogP contribution in [-0.2, 0) is 17.8 Å². The second-order valence-electron chi connectivity index (χ2n) is 5.35. The fourth-order valence-corrected chi connectivity index (χ4v) is 2.22. The van der Waals surface area contributed by atoms with Crippen molar-refractivity contribution in [1.82, 2.24) is 10.6 Å². The maximum atomic E-state index is 11.9. The minimum Gasteiger partial charge on any atom is -0.484 e. The van der Waals surface area contributed by atoms with E-state index in [4.69, 9.17) is 4.74 Å². The molecule has 5 heteroatoms. The lowest BCUT2D eigenvalue weighted by atomic mass is 10.1. The van der Waals surface area contributed by atoms with Crippen LogP contribution in [0.4, 0.5) is 0 Å². The summed E-state index contributed by atoms with van der Waals surface area (Å²) in [6.45, 7) is 2.38. The molecule has 5 nitrogen and oxygen atoms in total. The van der Waals surface area contributed by atoms with Gasteiger partial charge in [-0.05, 0) is 41.8 Å². The summed E-state index contributed by atoms with van der Waals surface area (Å²) in [5.74, 6) is 0.329.